The third-order valence-corrected chi connectivity index (χ3v) is 6.99. The van der Waals surface area contributed by atoms with Gasteiger partial charge in [0.2, 0.25) is 5.91 Å². The molecule has 8 nitrogen and oxygen atoms in total. The number of carbonyl (C=O) groups excluding carboxylic acids is 2. The first-order valence-corrected chi connectivity index (χ1v) is 12.3. The molecule has 1 N–H and O–H groups in total. The highest BCUT2D eigenvalue weighted by molar-refractivity contribution is 6.30. The minimum atomic E-state index is -0.151. The molecule has 3 aromatic rings. The summed E-state index contributed by atoms with van der Waals surface area (Å²) in [6.07, 6.45) is 1.11. The number of ether oxygens (including phenoxy) is 1. The van der Waals surface area contributed by atoms with Gasteiger partial charge < -0.3 is 15.0 Å². The summed E-state index contributed by atoms with van der Waals surface area (Å²) in [5.74, 6) is -0.263. The molecule has 0 saturated carbocycles. The van der Waals surface area contributed by atoms with E-state index in [4.69, 9.17) is 16.3 Å². The predicted octanol–water partition coefficient (Wildman–Crippen LogP) is 3.68. The lowest BCUT2D eigenvalue weighted by molar-refractivity contribution is -0.126. The van der Waals surface area contributed by atoms with E-state index in [0.29, 0.717) is 55.4 Å². The van der Waals surface area contributed by atoms with E-state index in [1.807, 2.05) is 18.2 Å². The van der Waals surface area contributed by atoms with Crippen molar-refractivity contribution in [2.75, 3.05) is 13.1 Å². The van der Waals surface area contributed by atoms with Gasteiger partial charge >= 0.3 is 0 Å². The average molecular weight is 494 g/mol. The second-order valence-corrected chi connectivity index (χ2v) is 9.63. The highest BCUT2D eigenvalue weighted by Crippen LogP contribution is 2.28. The fourth-order valence-corrected chi connectivity index (χ4v) is 4.85. The molecular formula is C26H28ClN5O3. The number of carbonyl (C=O) groups is 2. The number of aryl methyl sites for hydroxylation is 1. The Bertz CT molecular complexity index is 1220. The first-order valence-electron chi connectivity index (χ1n) is 11.9. The Kier molecular flexibility index (Phi) is 6.83. The molecule has 1 aromatic heterocycles. The number of benzene rings is 2. The lowest BCUT2D eigenvalue weighted by Gasteiger charge is -2.31. The number of fused-ring (bicyclic) bond motifs is 1. The van der Waals surface area contributed by atoms with Gasteiger partial charge in [-0.2, -0.15) is 0 Å². The van der Waals surface area contributed by atoms with Gasteiger partial charge in [0.05, 0.1) is 18.8 Å². The number of rotatable bonds is 5. The summed E-state index contributed by atoms with van der Waals surface area (Å²) in [6.45, 7) is 4.31. The SMILES string of the molecule is Cc1ccc([C@@H]2Cn3nnc(C(=O)N4CCC(C(=O)NCc5cccc(Cl)c5)CC4)c3CO2)cc1. The summed E-state index contributed by atoms with van der Waals surface area (Å²) in [4.78, 5) is 27.6. The molecule has 0 bridgehead atoms. The summed E-state index contributed by atoms with van der Waals surface area (Å²) in [5, 5.41) is 12.1. The molecule has 2 aliphatic rings. The number of likely N-dealkylation sites (tertiary alicyclic amines) is 1. The van der Waals surface area contributed by atoms with Crippen LogP contribution in [0.15, 0.2) is 48.5 Å². The smallest absolute Gasteiger partial charge is 0.276 e. The van der Waals surface area contributed by atoms with E-state index in [0.717, 1.165) is 11.1 Å². The van der Waals surface area contributed by atoms with Crippen LogP contribution in [0, 0.1) is 12.8 Å². The minimum Gasteiger partial charge on any atom is -0.365 e. The quantitative estimate of drug-likeness (QED) is 0.585. The number of hydrogen-bond acceptors (Lipinski definition) is 5. The maximum absolute atomic E-state index is 13.2. The number of piperidine rings is 1. The van der Waals surface area contributed by atoms with E-state index < -0.39 is 0 Å². The molecule has 1 atom stereocenters. The molecule has 182 valence electrons. The Hall–Kier alpha value is -3.23. The van der Waals surface area contributed by atoms with E-state index in [1.54, 1.807) is 15.6 Å². The molecule has 1 saturated heterocycles. The van der Waals surface area contributed by atoms with Gasteiger partial charge in [-0.05, 0) is 43.0 Å². The summed E-state index contributed by atoms with van der Waals surface area (Å²) in [5.41, 5.74) is 4.29. The largest absolute Gasteiger partial charge is 0.365 e. The molecule has 2 amide bonds. The Morgan fingerprint density at radius 2 is 1.91 bits per heavy atom. The van der Waals surface area contributed by atoms with Crippen molar-refractivity contribution < 1.29 is 14.3 Å². The Labute approximate surface area is 209 Å². The first-order chi connectivity index (χ1) is 17.0. The first kappa shape index (κ1) is 23.5. The van der Waals surface area contributed by atoms with Crippen LogP contribution in [-0.2, 0) is 29.2 Å². The second kappa shape index (κ2) is 10.2. The monoisotopic (exact) mass is 493 g/mol. The number of hydrogen-bond donors (Lipinski definition) is 1. The maximum atomic E-state index is 13.2. The van der Waals surface area contributed by atoms with Gasteiger partial charge in [0.1, 0.15) is 6.10 Å². The molecular weight excluding hydrogens is 466 g/mol. The van der Waals surface area contributed by atoms with Crippen molar-refractivity contribution in [1.29, 1.82) is 0 Å². The molecule has 0 unspecified atom stereocenters. The van der Waals surface area contributed by atoms with E-state index in [9.17, 15) is 9.59 Å². The lowest BCUT2D eigenvalue weighted by Crippen LogP contribution is -2.43. The molecule has 5 rings (SSSR count). The molecule has 0 aliphatic carbocycles. The van der Waals surface area contributed by atoms with Crippen molar-refractivity contribution in [3.8, 4) is 0 Å². The fourth-order valence-electron chi connectivity index (χ4n) is 4.64. The predicted molar refractivity (Wildman–Crippen MR) is 131 cm³/mol. The second-order valence-electron chi connectivity index (χ2n) is 9.19. The van der Waals surface area contributed by atoms with E-state index in [1.165, 1.54) is 5.56 Å². The van der Waals surface area contributed by atoms with E-state index >= 15 is 0 Å². The minimum absolute atomic E-state index is 0.00802. The van der Waals surface area contributed by atoms with Gasteiger partial charge in [0.25, 0.3) is 5.91 Å². The summed E-state index contributed by atoms with van der Waals surface area (Å²) < 4.78 is 7.83. The Balaban J connectivity index is 1.15. The van der Waals surface area contributed by atoms with Crippen molar-refractivity contribution >= 4 is 23.4 Å². The normalized spacial score (nSPS) is 18.2. The van der Waals surface area contributed by atoms with Crippen molar-refractivity contribution in [3.05, 3.63) is 81.6 Å². The van der Waals surface area contributed by atoms with Crippen LogP contribution in [0.4, 0.5) is 0 Å². The molecule has 35 heavy (non-hydrogen) atoms. The number of halogens is 1. The van der Waals surface area contributed by atoms with Gasteiger partial charge in [-0.1, -0.05) is 58.8 Å². The average Bonchev–Trinajstić information content (AvgIpc) is 3.31. The Morgan fingerprint density at radius 1 is 1.14 bits per heavy atom. The van der Waals surface area contributed by atoms with Crippen LogP contribution >= 0.6 is 11.6 Å². The van der Waals surface area contributed by atoms with Crippen molar-refractivity contribution in [2.45, 2.75) is 45.6 Å². The van der Waals surface area contributed by atoms with Gasteiger partial charge in [-0.25, -0.2) is 4.68 Å². The van der Waals surface area contributed by atoms with Crippen LogP contribution in [0.2, 0.25) is 5.02 Å². The summed E-state index contributed by atoms with van der Waals surface area (Å²) in [6, 6.07) is 15.7. The Morgan fingerprint density at radius 3 is 2.66 bits per heavy atom. The van der Waals surface area contributed by atoms with Gasteiger partial charge in [0.15, 0.2) is 5.69 Å². The highest BCUT2D eigenvalue weighted by Gasteiger charge is 2.33. The zero-order valence-corrected chi connectivity index (χ0v) is 20.4. The molecule has 0 radical (unpaired) electrons. The third-order valence-electron chi connectivity index (χ3n) is 6.76. The molecule has 1 fully saturated rings. The van der Waals surface area contributed by atoms with Crippen LogP contribution in [0.5, 0.6) is 0 Å². The zero-order valence-electron chi connectivity index (χ0n) is 19.6. The van der Waals surface area contributed by atoms with Gasteiger partial charge in [-0.15, -0.1) is 5.10 Å². The van der Waals surface area contributed by atoms with Crippen molar-refractivity contribution in [3.63, 3.8) is 0 Å². The molecule has 3 heterocycles. The zero-order chi connectivity index (χ0) is 24.4. The standard InChI is InChI=1S/C26H28ClN5O3/c1-17-5-7-19(8-6-17)23-15-32-22(16-35-23)24(29-30-32)26(34)31-11-9-20(10-12-31)25(33)28-14-18-3-2-4-21(27)13-18/h2-8,13,20,23H,9-12,14-16H2,1H3,(H,28,33)/t23-/m0/s1. The fraction of sp³-hybridized carbons (Fsp3) is 0.385. The van der Waals surface area contributed by atoms with Crippen LogP contribution < -0.4 is 5.32 Å². The van der Waals surface area contributed by atoms with Gasteiger partial charge in [-0.3, -0.25) is 9.59 Å². The maximum Gasteiger partial charge on any atom is 0.276 e. The van der Waals surface area contributed by atoms with Crippen molar-refractivity contribution in [1.82, 2.24) is 25.2 Å². The summed E-state index contributed by atoms with van der Waals surface area (Å²) in [7, 11) is 0. The van der Waals surface area contributed by atoms with Crippen LogP contribution in [0.25, 0.3) is 0 Å². The number of aromatic nitrogens is 3. The van der Waals surface area contributed by atoms with Crippen LogP contribution in [0.3, 0.4) is 0 Å². The number of nitrogens with zero attached hydrogens (tertiary/aromatic N) is 4. The van der Waals surface area contributed by atoms with Crippen molar-refractivity contribution in [2.24, 2.45) is 5.92 Å². The van der Waals surface area contributed by atoms with Crippen LogP contribution in [0.1, 0.15) is 51.8 Å². The van der Waals surface area contributed by atoms with E-state index in [-0.39, 0.29) is 30.4 Å². The summed E-state index contributed by atoms with van der Waals surface area (Å²) >= 11 is 6.01. The third kappa shape index (κ3) is 5.23. The highest BCUT2D eigenvalue weighted by atomic mass is 35.5. The molecule has 9 heteroatoms. The molecule has 0 spiro atoms. The van der Waals surface area contributed by atoms with Gasteiger partial charge in [0, 0.05) is 30.6 Å². The molecule has 2 aromatic carbocycles. The number of nitrogens with one attached hydrogen (secondary N) is 1. The lowest BCUT2D eigenvalue weighted by atomic mass is 9.95. The topological polar surface area (TPSA) is 89.4 Å². The van der Waals surface area contributed by atoms with Crippen LogP contribution in [-0.4, -0.2) is 44.8 Å². The number of amides is 2. The molecule has 2 aliphatic heterocycles. The van der Waals surface area contributed by atoms with E-state index in [2.05, 4.69) is 46.8 Å².